The molecule has 0 aliphatic rings. The molecule has 0 rings (SSSR count). The third-order valence-electron chi connectivity index (χ3n) is 11.9. The summed E-state index contributed by atoms with van der Waals surface area (Å²) in [6, 6.07) is -0.913. The second-order valence-corrected chi connectivity index (χ2v) is 21.3. The summed E-state index contributed by atoms with van der Waals surface area (Å²) in [5.41, 5.74) is 0. The third kappa shape index (κ3) is 54.5. The smallest absolute Gasteiger partial charge is 0.268 e. The highest BCUT2D eigenvalue weighted by molar-refractivity contribution is 7.45. The molecule has 0 aromatic carbocycles. The number of hydrogen-bond donors (Lipinski definition) is 2. The number of quaternary nitrogens is 1. The van der Waals surface area contributed by atoms with E-state index in [1.165, 1.54) is 96.3 Å². The van der Waals surface area contributed by atoms with Crippen molar-refractivity contribution in [3.8, 4) is 0 Å². The zero-order valence-electron chi connectivity index (χ0n) is 46.1. The number of aliphatic hydroxyl groups is 1. The summed E-state index contributed by atoms with van der Waals surface area (Å²) in [6.07, 6.45) is 77.0. The number of carbonyl (C=O) groups excluding carboxylic acids is 1. The molecule has 0 fully saturated rings. The molecule has 0 saturated heterocycles. The number of nitrogens with zero attached hydrogens (tertiary/aromatic N) is 1. The summed E-state index contributed by atoms with van der Waals surface area (Å²) in [6.45, 7) is 4.49. The molecule has 3 atom stereocenters. The minimum absolute atomic E-state index is 0.0130. The van der Waals surface area contributed by atoms with E-state index < -0.39 is 26.6 Å². The van der Waals surface area contributed by atoms with E-state index in [-0.39, 0.29) is 12.5 Å². The number of rotatable bonds is 50. The van der Waals surface area contributed by atoms with Crippen LogP contribution in [0.5, 0.6) is 0 Å². The second kappa shape index (κ2) is 51.8. The first-order valence-corrected chi connectivity index (χ1v) is 29.9. The molecule has 2 N–H and O–H groups in total. The number of likely N-dealkylation sites (N-methyl/N-ethyl adjacent to an activating group) is 1. The van der Waals surface area contributed by atoms with Gasteiger partial charge in [0.15, 0.2) is 0 Å². The van der Waals surface area contributed by atoms with E-state index in [9.17, 15) is 19.4 Å². The van der Waals surface area contributed by atoms with Gasteiger partial charge in [0.1, 0.15) is 13.2 Å². The number of carbonyl (C=O) groups is 1. The number of hydrogen-bond acceptors (Lipinski definition) is 6. The second-order valence-electron chi connectivity index (χ2n) is 19.9. The third-order valence-corrected chi connectivity index (χ3v) is 12.9. The molecule has 0 saturated carbocycles. The maximum Gasteiger partial charge on any atom is 0.268 e. The normalized spacial score (nSPS) is 14.9. The first-order chi connectivity index (χ1) is 34.5. The summed E-state index contributed by atoms with van der Waals surface area (Å²) in [7, 11) is 1.22. The van der Waals surface area contributed by atoms with Crippen LogP contribution in [0, 0.1) is 0 Å². The minimum Gasteiger partial charge on any atom is -0.756 e. The Hall–Kier alpha value is -3.10. The average Bonchev–Trinajstić information content (AvgIpc) is 3.33. The van der Waals surface area contributed by atoms with Crippen LogP contribution in [0.1, 0.15) is 213 Å². The van der Waals surface area contributed by atoms with Crippen LogP contribution in [0.25, 0.3) is 0 Å². The molecule has 8 nitrogen and oxygen atoms in total. The Bertz CT molecular complexity index is 1560. The largest absolute Gasteiger partial charge is 0.756 e. The van der Waals surface area contributed by atoms with E-state index in [2.05, 4.69) is 129 Å². The lowest BCUT2D eigenvalue weighted by Gasteiger charge is -2.29. The van der Waals surface area contributed by atoms with E-state index in [1.807, 2.05) is 27.2 Å². The van der Waals surface area contributed by atoms with Crippen LogP contribution in [0.2, 0.25) is 0 Å². The molecule has 0 aliphatic heterocycles. The molecule has 406 valence electrons. The molecule has 0 aliphatic carbocycles. The van der Waals surface area contributed by atoms with Crippen LogP contribution in [0.4, 0.5) is 0 Å². The molecule has 0 heterocycles. The summed E-state index contributed by atoms with van der Waals surface area (Å²) >= 11 is 0. The van der Waals surface area contributed by atoms with E-state index >= 15 is 0 Å². The number of allylic oxidation sites excluding steroid dienone is 19. The number of phosphoric ester groups is 1. The monoisotopic (exact) mass is 1010 g/mol. The van der Waals surface area contributed by atoms with Crippen LogP contribution < -0.4 is 10.2 Å². The highest BCUT2D eigenvalue weighted by Gasteiger charge is 2.23. The van der Waals surface area contributed by atoms with Gasteiger partial charge in [0, 0.05) is 6.42 Å². The van der Waals surface area contributed by atoms with Gasteiger partial charge in [-0.2, -0.15) is 0 Å². The Labute approximate surface area is 437 Å². The van der Waals surface area contributed by atoms with Crippen LogP contribution in [0.3, 0.4) is 0 Å². The van der Waals surface area contributed by atoms with Gasteiger partial charge < -0.3 is 28.8 Å². The van der Waals surface area contributed by atoms with Gasteiger partial charge in [-0.1, -0.05) is 232 Å². The van der Waals surface area contributed by atoms with Gasteiger partial charge in [-0.15, -0.1) is 0 Å². The zero-order chi connectivity index (χ0) is 52.0. The van der Waals surface area contributed by atoms with Crippen molar-refractivity contribution >= 4 is 13.7 Å². The highest BCUT2D eigenvalue weighted by Crippen LogP contribution is 2.38. The van der Waals surface area contributed by atoms with Gasteiger partial charge in [-0.3, -0.25) is 9.36 Å². The molecular weight excluding hydrogens is 900 g/mol. The molecule has 0 aromatic heterocycles. The topological polar surface area (TPSA) is 108 Å². The Balaban J connectivity index is 4.18. The Morgan fingerprint density at radius 1 is 0.507 bits per heavy atom. The molecule has 0 spiro atoms. The number of nitrogens with one attached hydrogen (secondary N) is 1. The van der Waals surface area contributed by atoms with Gasteiger partial charge >= 0.3 is 0 Å². The fraction of sp³-hybridized carbons (Fsp3) is 0.661. The first kappa shape index (κ1) is 67.9. The lowest BCUT2D eigenvalue weighted by Crippen LogP contribution is -2.45. The molecule has 71 heavy (non-hydrogen) atoms. The standard InChI is InChI=1S/C62H107N2O6P/c1-6-8-10-12-14-16-18-20-22-23-24-25-26-27-28-29-30-31-32-33-34-35-36-37-38-39-40-41-42-44-46-48-50-52-54-56-62(66)63-60(59-70-71(67,68)69-58-57-64(3,4)5)61(65)55-53-51-49-47-45-43-21-19-17-15-13-11-9-7-2/h8,10,14,16,20,22,24-25,27-28,30-31,33-34,36-37,45,47,53,55,60-61,65H,6-7,9,11-13,15,17-19,21,23,26,29,32,35,38-44,46,48-52,54,56-59H2,1-5H3,(H-,63,66,67,68)/b10-8-,16-14-,22-20-,25-24-,28-27-,31-30-,34-33-,37-36-,47-45+,55-53+. The fourth-order valence-electron chi connectivity index (χ4n) is 7.48. The van der Waals surface area contributed by atoms with E-state index in [0.717, 1.165) is 96.3 Å². The van der Waals surface area contributed by atoms with Gasteiger partial charge in [0.25, 0.3) is 7.82 Å². The predicted octanol–water partition coefficient (Wildman–Crippen LogP) is 16.7. The van der Waals surface area contributed by atoms with Crippen molar-refractivity contribution in [3.05, 3.63) is 122 Å². The van der Waals surface area contributed by atoms with Crippen LogP contribution in [0.15, 0.2) is 122 Å². The lowest BCUT2D eigenvalue weighted by molar-refractivity contribution is -0.870. The van der Waals surface area contributed by atoms with E-state index in [1.54, 1.807) is 6.08 Å². The van der Waals surface area contributed by atoms with Gasteiger partial charge in [-0.05, 0) is 96.3 Å². The summed E-state index contributed by atoms with van der Waals surface area (Å²) in [5.74, 6) is -0.218. The van der Waals surface area contributed by atoms with Crippen LogP contribution in [-0.2, 0) is 18.4 Å². The maximum absolute atomic E-state index is 12.9. The quantitative estimate of drug-likeness (QED) is 0.0272. The minimum atomic E-state index is -4.61. The zero-order valence-corrected chi connectivity index (χ0v) is 47.0. The molecule has 3 unspecified atom stereocenters. The Morgan fingerprint density at radius 3 is 1.31 bits per heavy atom. The molecule has 0 radical (unpaired) electrons. The number of aliphatic hydroxyl groups excluding tert-OH is 1. The van der Waals surface area contributed by atoms with Crippen molar-refractivity contribution in [2.24, 2.45) is 0 Å². The molecule has 1 amide bonds. The average molecular weight is 1010 g/mol. The highest BCUT2D eigenvalue weighted by atomic mass is 31.2. The summed E-state index contributed by atoms with van der Waals surface area (Å²) < 4.78 is 23.3. The van der Waals surface area contributed by atoms with Crippen molar-refractivity contribution in [2.45, 2.75) is 225 Å². The summed E-state index contributed by atoms with van der Waals surface area (Å²) in [5, 5.41) is 13.8. The number of unbranched alkanes of at least 4 members (excludes halogenated alkanes) is 19. The van der Waals surface area contributed by atoms with Crippen molar-refractivity contribution in [1.82, 2.24) is 5.32 Å². The first-order valence-electron chi connectivity index (χ1n) is 28.4. The van der Waals surface area contributed by atoms with Crippen molar-refractivity contribution in [1.29, 1.82) is 0 Å². The van der Waals surface area contributed by atoms with E-state index in [4.69, 9.17) is 9.05 Å². The lowest BCUT2D eigenvalue weighted by atomic mass is 10.0. The number of amides is 1. The molecular formula is C62H107N2O6P. The summed E-state index contributed by atoms with van der Waals surface area (Å²) in [4.78, 5) is 25.4. The molecule has 9 heteroatoms. The van der Waals surface area contributed by atoms with Crippen LogP contribution >= 0.6 is 7.82 Å². The maximum atomic E-state index is 12.9. The van der Waals surface area contributed by atoms with Crippen molar-refractivity contribution in [2.75, 3.05) is 40.9 Å². The van der Waals surface area contributed by atoms with Gasteiger partial charge in [-0.25, -0.2) is 0 Å². The predicted molar refractivity (Wildman–Crippen MR) is 306 cm³/mol. The fourth-order valence-corrected chi connectivity index (χ4v) is 8.20. The number of phosphoric acid groups is 1. The van der Waals surface area contributed by atoms with Crippen molar-refractivity contribution in [3.63, 3.8) is 0 Å². The van der Waals surface area contributed by atoms with Gasteiger partial charge in [0.05, 0.1) is 39.9 Å². The van der Waals surface area contributed by atoms with Gasteiger partial charge in [0.2, 0.25) is 5.91 Å². The Morgan fingerprint density at radius 2 is 0.873 bits per heavy atom. The molecule has 0 bridgehead atoms. The van der Waals surface area contributed by atoms with Crippen LogP contribution in [-0.4, -0.2) is 68.5 Å². The molecule has 0 aromatic rings. The SMILES string of the molecule is CC/C=C\C/C=C\C/C=C\C/C=C\C/C=C\C/C=C\C/C=C\C/C=C\CCCCCCCCCCCCC(=O)NC(COP(=O)([O-])OCC[N+](C)(C)C)C(O)/C=C/CC/C=C/CCCCCCCCCC. The van der Waals surface area contributed by atoms with E-state index in [0.29, 0.717) is 17.4 Å². The Kier molecular flexibility index (Phi) is 49.5. The van der Waals surface area contributed by atoms with Crippen molar-refractivity contribution < 1.29 is 32.9 Å².